The normalized spacial score (nSPS) is 15.1. The maximum absolute atomic E-state index is 14.6. The van der Waals surface area contributed by atoms with E-state index in [0.717, 1.165) is 37.6 Å². The van der Waals surface area contributed by atoms with Gasteiger partial charge in [0.25, 0.3) is 0 Å². The van der Waals surface area contributed by atoms with Gasteiger partial charge < -0.3 is 19.1 Å². The van der Waals surface area contributed by atoms with Crippen molar-refractivity contribution in [3.8, 4) is 17.6 Å². The van der Waals surface area contributed by atoms with Crippen LogP contribution in [0.25, 0.3) is 11.0 Å². The minimum Gasteiger partial charge on any atom is -0.486 e. The third kappa shape index (κ3) is 6.04. The lowest BCUT2D eigenvalue weighted by molar-refractivity contribution is -0.0489. The first-order chi connectivity index (χ1) is 20.1. The van der Waals surface area contributed by atoms with Crippen LogP contribution in [0.4, 0.5) is 13.2 Å². The highest BCUT2D eigenvalue weighted by atomic mass is 19.3. The van der Waals surface area contributed by atoms with Crippen molar-refractivity contribution >= 4 is 17.0 Å². The molecule has 1 aliphatic rings. The third-order valence-corrected chi connectivity index (χ3v) is 7.69. The molecule has 1 aliphatic heterocycles. The first kappa shape index (κ1) is 29.0. The van der Waals surface area contributed by atoms with Gasteiger partial charge in [-0.1, -0.05) is 24.3 Å². The van der Waals surface area contributed by atoms with Crippen LogP contribution in [0.1, 0.15) is 64.7 Å². The fraction of sp³-hybridized carbons (Fsp3) is 0.323. The highest BCUT2D eigenvalue weighted by Crippen LogP contribution is 2.37. The maximum Gasteiger partial charge on any atom is 0.387 e. The average molecular weight is 579 g/mol. The molecule has 0 amide bonds. The summed E-state index contributed by atoms with van der Waals surface area (Å²) in [4.78, 5) is 18.3. The van der Waals surface area contributed by atoms with Crippen molar-refractivity contribution in [3.05, 3.63) is 88.5 Å². The number of carboxylic acid groups (broad SMARTS) is 1. The number of likely N-dealkylation sites (tertiary alicyclic amines) is 1. The van der Waals surface area contributed by atoms with Crippen LogP contribution in [0.3, 0.4) is 0 Å². The number of carbonyl (C=O) groups is 1. The molecular formula is C31H29F3N4O4. The molecule has 3 aromatic carbocycles. The Morgan fingerprint density at radius 3 is 2.52 bits per heavy atom. The van der Waals surface area contributed by atoms with Gasteiger partial charge in [-0.15, -0.1) is 0 Å². The summed E-state index contributed by atoms with van der Waals surface area (Å²) in [6.45, 7) is 0.588. The van der Waals surface area contributed by atoms with E-state index in [4.69, 9.17) is 10.00 Å². The lowest BCUT2D eigenvalue weighted by atomic mass is 9.88. The Morgan fingerprint density at radius 1 is 1.12 bits per heavy atom. The number of para-hydroxylation sites is 1. The van der Waals surface area contributed by atoms with E-state index in [0.29, 0.717) is 29.2 Å². The van der Waals surface area contributed by atoms with E-state index in [1.165, 1.54) is 12.1 Å². The molecule has 5 rings (SSSR count). The number of carboxylic acids is 1. The van der Waals surface area contributed by atoms with Crippen LogP contribution in [0.2, 0.25) is 0 Å². The second-order valence-electron chi connectivity index (χ2n) is 10.3. The van der Waals surface area contributed by atoms with E-state index < -0.39 is 24.5 Å². The van der Waals surface area contributed by atoms with E-state index in [9.17, 15) is 23.1 Å². The van der Waals surface area contributed by atoms with Gasteiger partial charge in [-0.25, -0.2) is 14.2 Å². The molecule has 0 spiro atoms. The predicted octanol–water partition coefficient (Wildman–Crippen LogP) is 6.40. The number of aromatic carboxylic acids is 1. The summed E-state index contributed by atoms with van der Waals surface area (Å²) in [6.07, 6.45) is 1.09. The first-order valence-electron chi connectivity index (χ1n) is 13.5. The van der Waals surface area contributed by atoms with Crippen LogP contribution in [-0.2, 0) is 13.6 Å². The molecule has 1 atom stereocenters. The van der Waals surface area contributed by atoms with E-state index in [-0.39, 0.29) is 28.3 Å². The van der Waals surface area contributed by atoms with Crippen LogP contribution in [0.15, 0.2) is 54.6 Å². The van der Waals surface area contributed by atoms with Crippen LogP contribution in [-0.4, -0.2) is 45.2 Å². The molecule has 1 fully saturated rings. The number of halogens is 3. The zero-order valence-electron chi connectivity index (χ0n) is 23.1. The molecule has 0 unspecified atom stereocenters. The fourth-order valence-electron chi connectivity index (χ4n) is 5.46. The Hall–Kier alpha value is -4.56. The number of nitrogens with zero attached hydrogens (tertiary/aromatic N) is 4. The lowest BCUT2D eigenvalue weighted by Crippen LogP contribution is -2.33. The Balaban J connectivity index is 1.29. The quantitative estimate of drug-likeness (QED) is 0.245. The maximum atomic E-state index is 14.6. The summed E-state index contributed by atoms with van der Waals surface area (Å²) in [5, 5.41) is 18.4. The van der Waals surface area contributed by atoms with Crippen molar-refractivity contribution in [2.24, 2.45) is 7.05 Å². The molecular weight excluding hydrogens is 549 g/mol. The Morgan fingerprint density at radius 2 is 1.86 bits per heavy atom. The number of aryl methyl sites for hydroxylation is 1. The molecule has 8 nitrogen and oxygen atoms in total. The van der Waals surface area contributed by atoms with Gasteiger partial charge in [-0.05, 0) is 74.7 Å². The number of rotatable bonds is 9. The Kier molecular flexibility index (Phi) is 8.36. The second-order valence-corrected chi connectivity index (χ2v) is 10.3. The van der Waals surface area contributed by atoms with E-state index >= 15 is 0 Å². The van der Waals surface area contributed by atoms with E-state index in [2.05, 4.69) is 14.6 Å². The van der Waals surface area contributed by atoms with Gasteiger partial charge in [0.1, 0.15) is 29.0 Å². The van der Waals surface area contributed by atoms with Gasteiger partial charge in [0.2, 0.25) is 0 Å². The van der Waals surface area contributed by atoms with Gasteiger partial charge in [-0.3, -0.25) is 4.90 Å². The van der Waals surface area contributed by atoms with Crippen molar-refractivity contribution in [1.29, 1.82) is 5.26 Å². The van der Waals surface area contributed by atoms with Gasteiger partial charge in [0.05, 0.1) is 29.3 Å². The fourth-order valence-corrected chi connectivity index (χ4v) is 5.46. The van der Waals surface area contributed by atoms with E-state index in [1.54, 1.807) is 30.7 Å². The SMILES string of the molecule is C[C@@H](Oc1ccccc1C1CCN(Cc2nc3c(OC(F)F)cc(C(=O)O)cc3n2C)CC1)c1ccc(C#N)cc1F. The molecule has 1 N–H and O–H groups in total. The number of hydrogen-bond acceptors (Lipinski definition) is 6. The minimum atomic E-state index is -3.11. The third-order valence-electron chi connectivity index (χ3n) is 7.69. The standard InChI is InChI=1S/C31H29F3N4O4/c1-18(22-8-7-19(16-35)13-24(22)32)41-26-6-4-3-5-23(26)20-9-11-38(12-10-20)17-28-36-29-25(37(28)2)14-21(30(39)40)15-27(29)42-31(33)34/h3-8,13-15,18,20,31H,9-12,17H2,1-2H3,(H,39,40)/t18-/m1/s1. The van der Waals surface area contributed by atoms with Crippen LogP contribution < -0.4 is 9.47 Å². The smallest absolute Gasteiger partial charge is 0.387 e. The summed E-state index contributed by atoms with van der Waals surface area (Å²) in [5.74, 6) is -0.509. The van der Waals surface area contributed by atoms with Gasteiger partial charge >= 0.3 is 12.6 Å². The Labute approximate surface area is 240 Å². The van der Waals surface area contributed by atoms with Gasteiger partial charge in [0, 0.05) is 12.6 Å². The number of hydrogen-bond donors (Lipinski definition) is 1. The minimum absolute atomic E-state index is 0.161. The Bertz CT molecular complexity index is 1660. The second kappa shape index (κ2) is 12.1. The molecule has 11 heteroatoms. The summed E-state index contributed by atoms with van der Waals surface area (Å²) in [7, 11) is 1.72. The molecule has 0 aliphatic carbocycles. The van der Waals surface area contributed by atoms with E-state index in [1.807, 2.05) is 30.3 Å². The first-order valence-corrected chi connectivity index (χ1v) is 13.5. The van der Waals surface area contributed by atoms with Crippen LogP contribution >= 0.6 is 0 Å². The molecule has 0 bridgehead atoms. The molecule has 1 saturated heterocycles. The lowest BCUT2D eigenvalue weighted by Gasteiger charge is -2.33. The van der Waals surface area contributed by atoms with Crippen molar-refractivity contribution in [2.75, 3.05) is 13.1 Å². The molecule has 1 aromatic heterocycles. The van der Waals surface area contributed by atoms with Gasteiger partial charge in [0.15, 0.2) is 5.75 Å². The summed E-state index contributed by atoms with van der Waals surface area (Å²) >= 11 is 0. The largest absolute Gasteiger partial charge is 0.486 e. The number of imidazole rings is 1. The molecule has 42 heavy (non-hydrogen) atoms. The highest BCUT2D eigenvalue weighted by Gasteiger charge is 2.26. The zero-order chi connectivity index (χ0) is 30.0. The summed E-state index contributed by atoms with van der Waals surface area (Å²) in [6, 6.07) is 16.5. The number of piperidine rings is 1. The molecule has 0 saturated carbocycles. The highest BCUT2D eigenvalue weighted by molar-refractivity contribution is 5.95. The van der Waals surface area contributed by atoms with Crippen molar-refractivity contribution < 1.29 is 32.5 Å². The number of alkyl halides is 2. The number of fused-ring (bicyclic) bond motifs is 1. The average Bonchev–Trinajstić information content (AvgIpc) is 3.28. The van der Waals surface area contributed by atoms with Crippen LogP contribution in [0.5, 0.6) is 11.5 Å². The predicted molar refractivity (Wildman–Crippen MR) is 148 cm³/mol. The topological polar surface area (TPSA) is 101 Å². The molecule has 4 aromatic rings. The number of benzene rings is 3. The number of aromatic nitrogens is 2. The zero-order valence-corrected chi connectivity index (χ0v) is 23.1. The monoisotopic (exact) mass is 578 g/mol. The number of ether oxygens (including phenoxy) is 2. The summed E-state index contributed by atoms with van der Waals surface area (Å²) in [5.41, 5.74) is 2.09. The van der Waals surface area contributed by atoms with Crippen LogP contribution in [0, 0.1) is 17.1 Å². The van der Waals surface area contributed by atoms with Crippen molar-refractivity contribution in [3.63, 3.8) is 0 Å². The van der Waals surface area contributed by atoms with Crippen molar-refractivity contribution in [2.45, 2.75) is 44.9 Å². The summed E-state index contributed by atoms with van der Waals surface area (Å²) < 4.78 is 53.1. The van der Waals surface area contributed by atoms with Gasteiger partial charge in [-0.2, -0.15) is 14.0 Å². The molecule has 2 heterocycles. The van der Waals surface area contributed by atoms with Crippen molar-refractivity contribution in [1.82, 2.24) is 14.5 Å². The molecule has 0 radical (unpaired) electrons. The number of nitriles is 1. The molecule has 218 valence electrons.